The lowest BCUT2D eigenvalue weighted by Gasteiger charge is -2.31. The Morgan fingerprint density at radius 2 is 2.05 bits per heavy atom. The maximum absolute atomic E-state index is 5.52. The molecule has 1 saturated heterocycles. The van der Waals surface area contributed by atoms with Crippen molar-refractivity contribution in [2.24, 2.45) is 11.7 Å². The van der Waals surface area contributed by atoms with Crippen LogP contribution in [0.15, 0.2) is 12.4 Å². The third kappa shape index (κ3) is 4.96. The van der Waals surface area contributed by atoms with E-state index in [2.05, 4.69) is 27.8 Å². The Morgan fingerprint density at radius 3 is 2.68 bits per heavy atom. The van der Waals surface area contributed by atoms with Gasteiger partial charge in [-0.25, -0.2) is 0 Å². The Hall–Kier alpha value is -0.870. The van der Waals surface area contributed by atoms with Crippen LogP contribution in [0.1, 0.15) is 37.7 Å². The summed E-state index contributed by atoms with van der Waals surface area (Å²) >= 11 is 0. The Bertz CT molecular complexity index is 353. The highest BCUT2D eigenvalue weighted by Crippen LogP contribution is 2.19. The van der Waals surface area contributed by atoms with E-state index in [-0.39, 0.29) is 0 Å². The van der Waals surface area contributed by atoms with Crippen molar-refractivity contribution in [3.8, 4) is 0 Å². The summed E-state index contributed by atoms with van der Waals surface area (Å²) in [6.07, 6.45) is 10.5. The summed E-state index contributed by atoms with van der Waals surface area (Å²) in [7, 11) is 0. The maximum Gasteiger partial charge on any atom is 0.0518 e. The van der Waals surface area contributed by atoms with E-state index in [1.54, 1.807) is 0 Å². The summed E-state index contributed by atoms with van der Waals surface area (Å²) in [4.78, 5) is 2.61. The van der Waals surface area contributed by atoms with Gasteiger partial charge in [0.15, 0.2) is 0 Å². The number of likely N-dealkylation sites (tertiary alicyclic amines) is 1. The number of aryl methyl sites for hydroxylation is 1. The van der Waals surface area contributed by atoms with Gasteiger partial charge in [0.2, 0.25) is 0 Å². The van der Waals surface area contributed by atoms with Crippen molar-refractivity contribution >= 4 is 0 Å². The summed E-state index contributed by atoms with van der Waals surface area (Å²) in [5, 5.41) is 4.39. The molecule has 0 amide bonds. The molecular formula is C15H28N4. The molecule has 2 heterocycles. The van der Waals surface area contributed by atoms with Crippen LogP contribution in [0.25, 0.3) is 0 Å². The molecule has 4 heteroatoms. The number of nitrogens with two attached hydrogens (primary N) is 1. The monoisotopic (exact) mass is 264 g/mol. The van der Waals surface area contributed by atoms with Gasteiger partial charge in [-0.15, -0.1) is 0 Å². The third-order valence-electron chi connectivity index (χ3n) is 4.09. The summed E-state index contributed by atoms with van der Waals surface area (Å²) in [5.74, 6) is 0.805. The van der Waals surface area contributed by atoms with E-state index >= 15 is 0 Å². The number of nitrogens with zero attached hydrogens (tertiary/aromatic N) is 3. The largest absolute Gasteiger partial charge is 0.330 e. The van der Waals surface area contributed by atoms with E-state index in [4.69, 9.17) is 5.73 Å². The average Bonchev–Trinajstić information content (AvgIpc) is 2.82. The van der Waals surface area contributed by atoms with Gasteiger partial charge in [-0.2, -0.15) is 5.10 Å². The van der Waals surface area contributed by atoms with E-state index in [1.165, 1.54) is 57.3 Å². The van der Waals surface area contributed by atoms with Gasteiger partial charge in [0, 0.05) is 12.7 Å². The van der Waals surface area contributed by atoms with E-state index in [9.17, 15) is 0 Å². The first kappa shape index (κ1) is 14.5. The zero-order chi connectivity index (χ0) is 13.5. The van der Waals surface area contributed by atoms with E-state index in [0.29, 0.717) is 0 Å². The van der Waals surface area contributed by atoms with Crippen molar-refractivity contribution in [2.45, 2.75) is 45.6 Å². The third-order valence-corrected chi connectivity index (χ3v) is 4.09. The molecule has 2 N–H and O–H groups in total. The molecule has 0 radical (unpaired) electrons. The van der Waals surface area contributed by atoms with Gasteiger partial charge in [-0.3, -0.25) is 4.68 Å². The van der Waals surface area contributed by atoms with Crippen molar-refractivity contribution in [3.63, 3.8) is 0 Å². The molecule has 0 spiro atoms. The first-order chi connectivity index (χ1) is 9.28. The maximum atomic E-state index is 5.52. The number of rotatable bonds is 7. The normalized spacial score (nSPS) is 18.0. The molecule has 0 unspecified atom stereocenters. The molecule has 1 aliphatic heterocycles. The first-order valence-corrected chi connectivity index (χ1v) is 7.69. The Kier molecular flexibility index (Phi) is 5.86. The highest BCUT2D eigenvalue weighted by molar-refractivity contribution is 4.99. The van der Waals surface area contributed by atoms with Crippen LogP contribution in [0.5, 0.6) is 0 Å². The molecule has 0 atom stereocenters. The first-order valence-electron chi connectivity index (χ1n) is 7.69. The topological polar surface area (TPSA) is 47.1 Å². The minimum absolute atomic E-state index is 0.805. The number of hydrogen-bond donors (Lipinski definition) is 1. The SMILES string of the molecule is Cc1cnn(CC2CCN(CCCCCN)CC2)c1. The standard InChI is InChI=1S/C15H28N4/c1-14-11-17-19(12-14)13-15-5-9-18(10-6-15)8-4-2-3-7-16/h11-12,15H,2-10,13,16H2,1H3. The summed E-state index contributed by atoms with van der Waals surface area (Å²) in [5.41, 5.74) is 6.78. The Labute approximate surface area is 117 Å². The van der Waals surface area contributed by atoms with Gasteiger partial charge in [0.05, 0.1) is 6.20 Å². The molecule has 0 aromatic carbocycles. The van der Waals surface area contributed by atoms with Gasteiger partial charge in [0.25, 0.3) is 0 Å². The molecule has 4 nitrogen and oxygen atoms in total. The van der Waals surface area contributed by atoms with E-state index < -0.39 is 0 Å². The lowest BCUT2D eigenvalue weighted by atomic mass is 9.96. The quantitative estimate of drug-likeness (QED) is 0.767. The van der Waals surface area contributed by atoms with Crippen LogP contribution < -0.4 is 5.73 Å². The second-order valence-electron chi connectivity index (χ2n) is 5.87. The molecule has 0 aliphatic carbocycles. The predicted octanol–water partition coefficient (Wildman–Crippen LogP) is 2.03. The zero-order valence-corrected chi connectivity index (χ0v) is 12.2. The minimum atomic E-state index is 0.805. The lowest BCUT2D eigenvalue weighted by molar-refractivity contribution is 0.168. The Morgan fingerprint density at radius 1 is 1.26 bits per heavy atom. The molecule has 1 aromatic rings. The summed E-state index contributed by atoms with van der Waals surface area (Å²) in [6, 6.07) is 0. The second-order valence-corrected chi connectivity index (χ2v) is 5.87. The zero-order valence-electron chi connectivity index (χ0n) is 12.2. The molecule has 108 valence electrons. The number of unbranched alkanes of at least 4 members (excludes halogenated alkanes) is 2. The fourth-order valence-corrected chi connectivity index (χ4v) is 2.88. The fraction of sp³-hybridized carbons (Fsp3) is 0.800. The van der Waals surface area contributed by atoms with Crippen LogP contribution in [0, 0.1) is 12.8 Å². The molecule has 0 bridgehead atoms. The molecule has 1 aromatic heterocycles. The molecule has 19 heavy (non-hydrogen) atoms. The van der Waals surface area contributed by atoms with Gasteiger partial charge in [-0.05, 0) is 70.3 Å². The predicted molar refractivity (Wildman–Crippen MR) is 79.0 cm³/mol. The smallest absolute Gasteiger partial charge is 0.0518 e. The molecule has 2 rings (SSSR count). The van der Waals surface area contributed by atoms with Crippen LogP contribution >= 0.6 is 0 Å². The van der Waals surface area contributed by atoms with Crippen molar-refractivity contribution < 1.29 is 0 Å². The van der Waals surface area contributed by atoms with Crippen molar-refractivity contribution in [3.05, 3.63) is 18.0 Å². The lowest BCUT2D eigenvalue weighted by Crippen LogP contribution is -2.35. The van der Waals surface area contributed by atoms with E-state index in [1.807, 2.05) is 6.20 Å². The van der Waals surface area contributed by atoms with Crippen molar-refractivity contribution in [1.82, 2.24) is 14.7 Å². The number of hydrogen-bond acceptors (Lipinski definition) is 3. The highest BCUT2D eigenvalue weighted by atomic mass is 15.3. The van der Waals surface area contributed by atoms with Crippen LogP contribution in [0.2, 0.25) is 0 Å². The van der Waals surface area contributed by atoms with Crippen LogP contribution in [0.3, 0.4) is 0 Å². The van der Waals surface area contributed by atoms with Gasteiger partial charge < -0.3 is 10.6 Å². The number of aromatic nitrogens is 2. The van der Waals surface area contributed by atoms with E-state index in [0.717, 1.165) is 19.0 Å². The van der Waals surface area contributed by atoms with Crippen LogP contribution in [-0.4, -0.2) is 40.9 Å². The summed E-state index contributed by atoms with van der Waals surface area (Å²) < 4.78 is 2.11. The van der Waals surface area contributed by atoms with Gasteiger partial charge in [-0.1, -0.05) is 6.42 Å². The van der Waals surface area contributed by atoms with Crippen LogP contribution in [-0.2, 0) is 6.54 Å². The van der Waals surface area contributed by atoms with Gasteiger partial charge >= 0.3 is 0 Å². The van der Waals surface area contributed by atoms with Gasteiger partial charge in [0.1, 0.15) is 0 Å². The second kappa shape index (κ2) is 7.65. The molecule has 1 fully saturated rings. The fourth-order valence-electron chi connectivity index (χ4n) is 2.88. The average molecular weight is 264 g/mol. The molecular weight excluding hydrogens is 236 g/mol. The highest BCUT2D eigenvalue weighted by Gasteiger charge is 2.19. The van der Waals surface area contributed by atoms with Crippen molar-refractivity contribution in [1.29, 1.82) is 0 Å². The number of piperidine rings is 1. The van der Waals surface area contributed by atoms with Crippen LogP contribution in [0.4, 0.5) is 0 Å². The summed E-state index contributed by atoms with van der Waals surface area (Å²) in [6.45, 7) is 7.81. The Balaban J connectivity index is 1.62. The molecule has 1 aliphatic rings. The molecule has 0 saturated carbocycles. The van der Waals surface area contributed by atoms with Crippen molar-refractivity contribution in [2.75, 3.05) is 26.2 Å². The minimum Gasteiger partial charge on any atom is -0.330 e.